The van der Waals surface area contributed by atoms with Gasteiger partial charge >= 0.3 is 0 Å². The number of hydrogen-bond donors (Lipinski definition) is 1. The first-order chi connectivity index (χ1) is 15.8. The molecule has 3 aromatic heterocycles. The van der Waals surface area contributed by atoms with E-state index in [2.05, 4.69) is 20.4 Å². The van der Waals surface area contributed by atoms with Gasteiger partial charge in [-0.25, -0.2) is 27.1 Å². The third-order valence-corrected chi connectivity index (χ3v) is 5.78. The SMILES string of the molecule is COc1nc(N[C@@H]2CN(C)CC2(F)F)nn2ccc(-c3cc(F)c4ncn(CCF)c4c3)c12. The van der Waals surface area contributed by atoms with E-state index in [1.165, 1.54) is 33.5 Å². The molecule has 0 unspecified atom stereocenters. The predicted octanol–water partition coefficient (Wildman–Crippen LogP) is 3.22. The van der Waals surface area contributed by atoms with E-state index in [4.69, 9.17) is 4.74 Å². The summed E-state index contributed by atoms with van der Waals surface area (Å²) in [6.07, 6.45) is 3.01. The number of nitrogens with one attached hydrogen (secondary N) is 1. The molecule has 1 aliphatic heterocycles. The second-order valence-electron chi connectivity index (χ2n) is 8.07. The van der Waals surface area contributed by atoms with Crippen LogP contribution in [0.1, 0.15) is 0 Å². The minimum atomic E-state index is -2.93. The molecule has 0 bridgehead atoms. The van der Waals surface area contributed by atoms with Gasteiger partial charge in [-0.15, -0.1) is 5.10 Å². The highest BCUT2D eigenvalue weighted by molar-refractivity contribution is 5.90. The number of nitrogens with zero attached hydrogens (tertiary/aromatic N) is 6. The molecule has 1 N–H and O–H groups in total. The van der Waals surface area contributed by atoms with Gasteiger partial charge in [0, 0.05) is 18.3 Å². The van der Waals surface area contributed by atoms with E-state index in [0.717, 1.165) is 0 Å². The van der Waals surface area contributed by atoms with Crippen molar-refractivity contribution in [2.24, 2.45) is 0 Å². The van der Waals surface area contributed by atoms with E-state index < -0.39 is 24.5 Å². The lowest BCUT2D eigenvalue weighted by Gasteiger charge is -2.19. The number of halogens is 4. The van der Waals surface area contributed by atoms with E-state index in [9.17, 15) is 17.6 Å². The van der Waals surface area contributed by atoms with Crippen molar-refractivity contribution in [3.63, 3.8) is 0 Å². The maximum absolute atomic E-state index is 14.7. The molecular weight excluding hydrogens is 442 g/mol. The van der Waals surface area contributed by atoms with Crippen molar-refractivity contribution in [1.82, 2.24) is 29.0 Å². The monoisotopic (exact) mass is 463 g/mol. The van der Waals surface area contributed by atoms with Crippen molar-refractivity contribution < 1.29 is 22.3 Å². The second kappa shape index (κ2) is 7.87. The Kier molecular flexibility index (Phi) is 5.11. The van der Waals surface area contributed by atoms with Gasteiger partial charge < -0.3 is 14.6 Å². The van der Waals surface area contributed by atoms with Crippen molar-refractivity contribution in [2.45, 2.75) is 18.5 Å². The molecular formula is C21H21F4N7O. The molecule has 0 aliphatic carbocycles. The second-order valence-corrected chi connectivity index (χ2v) is 8.07. The van der Waals surface area contributed by atoms with Crippen LogP contribution in [0.15, 0.2) is 30.7 Å². The van der Waals surface area contributed by atoms with Gasteiger partial charge in [-0.3, -0.25) is 4.90 Å². The molecule has 8 nitrogen and oxygen atoms in total. The molecule has 174 valence electrons. The predicted molar refractivity (Wildman–Crippen MR) is 114 cm³/mol. The van der Waals surface area contributed by atoms with Gasteiger partial charge in [-0.05, 0) is 30.8 Å². The zero-order valence-corrected chi connectivity index (χ0v) is 17.9. The van der Waals surface area contributed by atoms with Crippen LogP contribution in [0.5, 0.6) is 5.88 Å². The smallest absolute Gasteiger partial charge is 0.281 e. The maximum Gasteiger partial charge on any atom is 0.281 e. The van der Waals surface area contributed by atoms with Gasteiger partial charge in [0.25, 0.3) is 5.92 Å². The zero-order chi connectivity index (χ0) is 23.3. The first-order valence-electron chi connectivity index (χ1n) is 10.3. The van der Waals surface area contributed by atoms with Crippen LogP contribution in [-0.4, -0.2) is 74.9 Å². The van der Waals surface area contributed by atoms with Gasteiger partial charge in [0.1, 0.15) is 23.7 Å². The summed E-state index contributed by atoms with van der Waals surface area (Å²) in [4.78, 5) is 9.83. The molecule has 1 saturated heterocycles. The number of methoxy groups -OCH3 is 1. The Morgan fingerprint density at radius 3 is 2.82 bits per heavy atom. The fourth-order valence-electron chi connectivity index (χ4n) is 4.26. The molecule has 0 amide bonds. The number of aromatic nitrogens is 5. The van der Waals surface area contributed by atoms with Crippen LogP contribution in [0.3, 0.4) is 0 Å². The number of ether oxygens (including phenoxy) is 1. The lowest BCUT2D eigenvalue weighted by molar-refractivity contribution is 0.00583. The highest BCUT2D eigenvalue weighted by Crippen LogP contribution is 2.35. The summed E-state index contributed by atoms with van der Waals surface area (Å²) in [5, 5.41) is 7.01. The summed E-state index contributed by atoms with van der Waals surface area (Å²) < 4.78 is 64.5. The van der Waals surface area contributed by atoms with E-state index in [-0.39, 0.29) is 37.0 Å². The van der Waals surface area contributed by atoms with Crippen molar-refractivity contribution in [3.05, 3.63) is 36.5 Å². The van der Waals surface area contributed by atoms with E-state index in [0.29, 0.717) is 22.2 Å². The summed E-state index contributed by atoms with van der Waals surface area (Å²) in [6, 6.07) is 3.58. The number of hydrogen-bond acceptors (Lipinski definition) is 6. The zero-order valence-electron chi connectivity index (χ0n) is 17.9. The normalized spacial score (nSPS) is 18.4. The molecule has 0 radical (unpaired) electrons. The molecule has 1 aliphatic rings. The average Bonchev–Trinajstić information content (AvgIpc) is 3.43. The molecule has 12 heteroatoms. The molecule has 4 aromatic rings. The third kappa shape index (κ3) is 3.63. The molecule has 33 heavy (non-hydrogen) atoms. The summed E-state index contributed by atoms with van der Waals surface area (Å²) in [7, 11) is 3.02. The number of rotatable bonds is 6. The first kappa shape index (κ1) is 21.4. The highest BCUT2D eigenvalue weighted by Gasteiger charge is 2.47. The van der Waals surface area contributed by atoms with Gasteiger partial charge in [0.05, 0.1) is 32.0 Å². The van der Waals surface area contributed by atoms with Crippen LogP contribution >= 0.6 is 0 Å². The fraction of sp³-hybridized carbons (Fsp3) is 0.381. The Morgan fingerprint density at radius 1 is 1.30 bits per heavy atom. The molecule has 1 aromatic carbocycles. The van der Waals surface area contributed by atoms with Crippen molar-refractivity contribution in [3.8, 4) is 17.0 Å². The summed E-state index contributed by atoms with van der Waals surface area (Å²) in [5.74, 6) is -3.35. The topological polar surface area (TPSA) is 72.5 Å². The molecule has 1 fully saturated rings. The quantitative estimate of drug-likeness (QED) is 0.443. The van der Waals surface area contributed by atoms with Crippen molar-refractivity contribution in [2.75, 3.05) is 39.2 Å². The van der Waals surface area contributed by atoms with Crippen molar-refractivity contribution in [1.29, 1.82) is 0 Å². The van der Waals surface area contributed by atoms with Crippen molar-refractivity contribution >= 4 is 22.5 Å². The number of likely N-dealkylation sites (tertiary alicyclic amines) is 1. The minimum absolute atomic E-state index is 0.0101. The Balaban J connectivity index is 1.58. The lowest BCUT2D eigenvalue weighted by atomic mass is 10.1. The Morgan fingerprint density at radius 2 is 2.12 bits per heavy atom. The first-order valence-corrected chi connectivity index (χ1v) is 10.3. The Bertz CT molecular complexity index is 1340. The molecule has 1 atom stereocenters. The standard InChI is InChI=1S/C21H21F4N7O/c1-30-9-16(21(24,25)10-30)27-20-28-19(33-2)18-13(3-5-32(18)29-20)12-7-14(23)17-15(8-12)31(6-4-22)11-26-17/h3,5,7-8,11,16H,4,6,9-10H2,1-2H3,(H,27,29)/t16-/m1/s1. The van der Waals surface area contributed by atoms with Crippen LogP contribution in [0.25, 0.3) is 27.7 Å². The van der Waals surface area contributed by atoms with Gasteiger partial charge in [-0.1, -0.05) is 0 Å². The van der Waals surface area contributed by atoms with E-state index in [1.807, 2.05) is 0 Å². The molecule has 5 rings (SSSR count). The lowest BCUT2D eigenvalue weighted by Crippen LogP contribution is -2.38. The number of aryl methyl sites for hydroxylation is 1. The largest absolute Gasteiger partial charge is 0.479 e. The summed E-state index contributed by atoms with van der Waals surface area (Å²) in [5.41, 5.74) is 2.10. The van der Waals surface area contributed by atoms with Crippen LogP contribution in [0, 0.1) is 5.82 Å². The summed E-state index contributed by atoms with van der Waals surface area (Å²) >= 11 is 0. The van der Waals surface area contributed by atoms with Crippen LogP contribution < -0.4 is 10.1 Å². The van der Waals surface area contributed by atoms with Gasteiger partial charge in [0.15, 0.2) is 5.82 Å². The Hall–Kier alpha value is -3.41. The van der Waals surface area contributed by atoms with Crippen LogP contribution in [-0.2, 0) is 6.54 Å². The van der Waals surface area contributed by atoms with Gasteiger partial charge in [-0.2, -0.15) is 4.98 Å². The number of fused-ring (bicyclic) bond motifs is 2. The van der Waals surface area contributed by atoms with Gasteiger partial charge in [0.2, 0.25) is 11.8 Å². The molecule has 4 heterocycles. The third-order valence-electron chi connectivity index (χ3n) is 5.78. The number of benzene rings is 1. The molecule has 0 saturated carbocycles. The van der Waals surface area contributed by atoms with Crippen LogP contribution in [0.4, 0.5) is 23.5 Å². The number of imidazole rings is 1. The molecule has 0 spiro atoms. The number of likely N-dealkylation sites (N-methyl/N-ethyl adjacent to an activating group) is 1. The van der Waals surface area contributed by atoms with Crippen LogP contribution in [0.2, 0.25) is 0 Å². The average molecular weight is 463 g/mol. The van der Waals surface area contributed by atoms with E-state index in [1.54, 1.807) is 25.4 Å². The Labute approximate surface area is 185 Å². The highest BCUT2D eigenvalue weighted by atomic mass is 19.3. The number of anilines is 1. The van der Waals surface area contributed by atoms with E-state index >= 15 is 0 Å². The maximum atomic E-state index is 14.7. The summed E-state index contributed by atoms with van der Waals surface area (Å²) in [6.45, 7) is -0.775. The fourth-order valence-corrected chi connectivity index (χ4v) is 4.26. The minimum Gasteiger partial charge on any atom is -0.479 e. The number of alkyl halides is 3.